The molecule has 5 heteroatoms. The van der Waals surface area contributed by atoms with Crippen LogP contribution in [0.1, 0.15) is 18.9 Å². The van der Waals surface area contributed by atoms with Gasteiger partial charge >= 0.3 is 0 Å². The highest BCUT2D eigenvalue weighted by Crippen LogP contribution is 2.27. The van der Waals surface area contributed by atoms with Crippen molar-refractivity contribution in [3.63, 3.8) is 0 Å². The summed E-state index contributed by atoms with van der Waals surface area (Å²) in [6.07, 6.45) is 0.992. The lowest BCUT2D eigenvalue weighted by Crippen LogP contribution is -2.04. The van der Waals surface area contributed by atoms with E-state index in [9.17, 15) is 0 Å². The Morgan fingerprint density at radius 3 is 2.76 bits per heavy atom. The lowest BCUT2D eigenvalue weighted by atomic mass is 10.2. The Morgan fingerprint density at radius 1 is 1.24 bits per heavy atom. The molecule has 0 spiro atoms. The Kier molecular flexibility index (Phi) is 6.64. The molecule has 0 aliphatic rings. The van der Waals surface area contributed by atoms with E-state index >= 15 is 0 Å². The van der Waals surface area contributed by atoms with Crippen LogP contribution >= 0.6 is 50.1 Å². The minimum absolute atomic E-state index is 0.665. The third-order valence-electron chi connectivity index (χ3n) is 2.88. The topological polar surface area (TPSA) is 21.3 Å². The first-order valence-electron chi connectivity index (χ1n) is 6.70. The van der Waals surface area contributed by atoms with Crippen molar-refractivity contribution in [1.82, 2.24) is 0 Å². The van der Waals surface area contributed by atoms with Crippen LogP contribution in [0, 0.1) is 3.57 Å². The molecule has 112 valence electrons. The molecule has 0 unspecified atom stereocenters. The highest BCUT2D eigenvalue weighted by atomic mass is 127. The second kappa shape index (κ2) is 8.25. The molecule has 2 aromatic rings. The monoisotopic (exact) mass is 479 g/mol. The van der Waals surface area contributed by atoms with Crippen LogP contribution in [0.2, 0.25) is 5.02 Å². The fraction of sp³-hybridized carbons (Fsp3) is 0.250. The second-order valence-electron chi connectivity index (χ2n) is 4.58. The standard InChI is InChI=1S/C16H16BrClINO/c1-2-7-21-16-6-3-12(17)8-11(16)10-20-15-5-4-13(19)9-14(15)18/h3-6,8-9,20H,2,7,10H2,1H3. The molecule has 0 saturated carbocycles. The van der Waals surface area contributed by atoms with E-state index in [1.54, 1.807) is 0 Å². The molecule has 2 nitrogen and oxygen atoms in total. The van der Waals surface area contributed by atoms with E-state index in [0.717, 1.165) is 43.1 Å². The summed E-state index contributed by atoms with van der Waals surface area (Å²) < 4.78 is 7.95. The van der Waals surface area contributed by atoms with Gasteiger partial charge in [-0.1, -0.05) is 34.5 Å². The van der Waals surface area contributed by atoms with Crippen LogP contribution < -0.4 is 10.1 Å². The summed E-state index contributed by atoms with van der Waals surface area (Å²) >= 11 is 12.0. The fourth-order valence-corrected chi connectivity index (χ4v) is 3.19. The summed E-state index contributed by atoms with van der Waals surface area (Å²) in [7, 11) is 0. The molecule has 0 heterocycles. The minimum Gasteiger partial charge on any atom is -0.493 e. The Bertz CT molecular complexity index is 621. The molecule has 0 aliphatic heterocycles. The molecule has 0 atom stereocenters. The molecule has 0 aromatic heterocycles. The van der Waals surface area contributed by atoms with E-state index in [0.29, 0.717) is 6.54 Å². The van der Waals surface area contributed by atoms with Crippen LogP contribution in [-0.4, -0.2) is 6.61 Å². The third-order valence-corrected chi connectivity index (χ3v) is 4.36. The van der Waals surface area contributed by atoms with Crippen LogP contribution in [0.5, 0.6) is 5.75 Å². The zero-order valence-corrected chi connectivity index (χ0v) is 16.1. The predicted octanol–water partition coefficient (Wildman–Crippen LogP) is 6.11. The van der Waals surface area contributed by atoms with Crippen LogP contribution in [0.15, 0.2) is 40.9 Å². The summed E-state index contributed by atoms with van der Waals surface area (Å²) in [5.41, 5.74) is 2.03. The first-order chi connectivity index (χ1) is 10.1. The van der Waals surface area contributed by atoms with Crippen LogP contribution in [-0.2, 0) is 6.54 Å². The van der Waals surface area contributed by atoms with Gasteiger partial charge in [-0.15, -0.1) is 0 Å². The zero-order chi connectivity index (χ0) is 15.2. The van der Waals surface area contributed by atoms with Crippen molar-refractivity contribution in [1.29, 1.82) is 0 Å². The van der Waals surface area contributed by atoms with Crippen molar-refractivity contribution >= 4 is 55.8 Å². The summed E-state index contributed by atoms with van der Waals surface area (Å²) in [6.45, 7) is 3.49. The van der Waals surface area contributed by atoms with Gasteiger partial charge in [0, 0.05) is 20.2 Å². The maximum Gasteiger partial charge on any atom is 0.124 e. The molecule has 0 bridgehead atoms. The Hall–Kier alpha value is -0.460. The molecular formula is C16H16BrClINO. The van der Waals surface area contributed by atoms with Crippen molar-refractivity contribution < 1.29 is 4.74 Å². The Balaban J connectivity index is 2.12. The molecule has 0 saturated heterocycles. The van der Waals surface area contributed by atoms with Gasteiger partial charge in [-0.05, 0) is 65.4 Å². The number of anilines is 1. The van der Waals surface area contributed by atoms with Crippen molar-refractivity contribution in [3.05, 3.63) is 55.0 Å². The summed E-state index contributed by atoms with van der Waals surface area (Å²) in [5.74, 6) is 0.911. The maximum atomic E-state index is 6.24. The zero-order valence-electron chi connectivity index (χ0n) is 11.6. The second-order valence-corrected chi connectivity index (χ2v) is 7.15. The smallest absolute Gasteiger partial charge is 0.124 e. The third kappa shape index (κ3) is 5.04. The largest absolute Gasteiger partial charge is 0.493 e. The van der Waals surface area contributed by atoms with Gasteiger partial charge in [-0.2, -0.15) is 0 Å². The van der Waals surface area contributed by atoms with Gasteiger partial charge in [0.15, 0.2) is 0 Å². The number of nitrogens with one attached hydrogen (secondary N) is 1. The van der Waals surface area contributed by atoms with E-state index in [4.69, 9.17) is 16.3 Å². The average Bonchev–Trinajstić information content (AvgIpc) is 2.45. The molecule has 21 heavy (non-hydrogen) atoms. The first-order valence-corrected chi connectivity index (χ1v) is 8.95. The van der Waals surface area contributed by atoms with Crippen molar-refractivity contribution in [2.75, 3.05) is 11.9 Å². The number of rotatable bonds is 6. The molecule has 0 radical (unpaired) electrons. The molecule has 1 N–H and O–H groups in total. The number of benzene rings is 2. The van der Waals surface area contributed by atoms with Crippen molar-refractivity contribution in [2.45, 2.75) is 19.9 Å². The lowest BCUT2D eigenvalue weighted by Gasteiger charge is -2.14. The Morgan fingerprint density at radius 2 is 2.05 bits per heavy atom. The van der Waals surface area contributed by atoms with Crippen molar-refractivity contribution in [3.8, 4) is 5.75 Å². The van der Waals surface area contributed by atoms with Gasteiger partial charge in [-0.3, -0.25) is 0 Å². The normalized spacial score (nSPS) is 10.5. The van der Waals surface area contributed by atoms with E-state index in [1.165, 1.54) is 0 Å². The summed E-state index contributed by atoms with van der Waals surface area (Å²) in [4.78, 5) is 0. The first kappa shape index (κ1) is 16.9. The summed E-state index contributed by atoms with van der Waals surface area (Å²) in [5, 5.41) is 4.09. The molecule has 0 fully saturated rings. The molecule has 2 aromatic carbocycles. The van der Waals surface area contributed by atoms with Crippen molar-refractivity contribution in [2.24, 2.45) is 0 Å². The molecule has 0 amide bonds. The summed E-state index contributed by atoms with van der Waals surface area (Å²) in [6, 6.07) is 12.0. The average molecular weight is 481 g/mol. The Labute approximate surface area is 152 Å². The molecule has 0 aliphatic carbocycles. The highest BCUT2D eigenvalue weighted by Gasteiger charge is 2.06. The number of halogens is 3. The number of hydrogen-bond acceptors (Lipinski definition) is 2. The minimum atomic E-state index is 0.665. The maximum absolute atomic E-state index is 6.24. The number of ether oxygens (including phenoxy) is 1. The van der Waals surface area contributed by atoms with Crippen LogP contribution in [0.3, 0.4) is 0 Å². The highest BCUT2D eigenvalue weighted by molar-refractivity contribution is 14.1. The lowest BCUT2D eigenvalue weighted by molar-refractivity contribution is 0.314. The molecular weight excluding hydrogens is 464 g/mol. The van der Waals surface area contributed by atoms with E-state index in [-0.39, 0.29) is 0 Å². The van der Waals surface area contributed by atoms with Gasteiger partial charge in [0.25, 0.3) is 0 Å². The fourth-order valence-electron chi connectivity index (χ4n) is 1.86. The SMILES string of the molecule is CCCOc1ccc(Br)cc1CNc1ccc(I)cc1Cl. The van der Waals surface area contributed by atoms with E-state index in [2.05, 4.69) is 56.8 Å². The van der Waals surface area contributed by atoms with E-state index < -0.39 is 0 Å². The van der Waals surface area contributed by atoms with Gasteiger partial charge in [-0.25, -0.2) is 0 Å². The van der Waals surface area contributed by atoms with Gasteiger partial charge < -0.3 is 10.1 Å². The van der Waals surface area contributed by atoms with Gasteiger partial charge in [0.2, 0.25) is 0 Å². The quantitative estimate of drug-likeness (QED) is 0.504. The van der Waals surface area contributed by atoms with Crippen LogP contribution in [0.4, 0.5) is 5.69 Å². The predicted molar refractivity (Wildman–Crippen MR) is 101 cm³/mol. The van der Waals surface area contributed by atoms with Gasteiger partial charge in [0.1, 0.15) is 5.75 Å². The van der Waals surface area contributed by atoms with Crippen LogP contribution in [0.25, 0.3) is 0 Å². The van der Waals surface area contributed by atoms with Gasteiger partial charge in [0.05, 0.1) is 17.3 Å². The molecule has 2 rings (SSSR count). The van der Waals surface area contributed by atoms with E-state index in [1.807, 2.05) is 30.3 Å². The number of hydrogen-bond donors (Lipinski definition) is 1.